The summed E-state index contributed by atoms with van der Waals surface area (Å²) in [6.45, 7) is -0.298. The molecule has 0 aliphatic heterocycles. The smallest absolute Gasteiger partial charge is 0.407 e. The summed E-state index contributed by atoms with van der Waals surface area (Å²) in [5.74, 6) is -1.07. The van der Waals surface area contributed by atoms with Crippen LogP contribution in [0.5, 0.6) is 0 Å². The molecule has 1 amide bonds. The zero-order chi connectivity index (χ0) is 20.8. The Balaban J connectivity index is 1.59. The van der Waals surface area contributed by atoms with Crippen molar-refractivity contribution in [3.05, 3.63) is 59.7 Å². The second-order valence-electron chi connectivity index (χ2n) is 6.73. The van der Waals surface area contributed by atoms with E-state index in [1.165, 1.54) is 0 Å². The number of carboxylic acids is 1. The van der Waals surface area contributed by atoms with Gasteiger partial charge in [0, 0.05) is 17.4 Å². The third-order valence-corrected chi connectivity index (χ3v) is 5.93. The molecule has 29 heavy (non-hydrogen) atoms. The number of benzene rings is 2. The van der Waals surface area contributed by atoms with Crippen molar-refractivity contribution in [1.29, 1.82) is 0 Å². The fourth-order valence-electron chi connectivity index (χ4n) is 3.33. The number of fused-ring (bicyclic) bond motifs is 3. The number of nitrogens with one attached hydrogen (secondary N) is 1. The largest absolute Gasteiger partial charge is 0.480 e. The molecule has 0 bridgehead atoms. The number of aliphatic hydroxyl groups is 2. The first-order valence-electron chi connectivity index (χ1n) is 9.22. The van der Waals surface area contributed by atoms with Gasteiger partial charge in [-0.15, -0.1) is 0 Å². The Morgan fingerprint density at radius 3 is 2.17 bits per heavy atom. The number of aliphatic hydroxyl groups excluding tert-OH is 2. The Morgan fingerprint density at radius 2 is 1.62 bits per heavy atom. The monoisotopic (exact) mass is 417 g/mol. The van der Waals surface area contributed by atoms with Crippen LogP contribution in [0.15, 0.2) is 48.5 Å². The van der Waals surface area contributed by atoms with Crippen LogP contribution < -0.4 is 5.32 Å². The molecular formula is C21H23NO6S. The number of alkyl carbamates (subject to hydrolysis) is 1. The van der Waals surface area contributed by atoms with Crippen molar-refractivity contribution in [3.63, 3.8) is 0 Å². The Morgan fingerprint density at radius 1 is 1.03 bits per heavy atom. The van der Waals surface area contributed by atoms with Crippen molar-refractivity contribution in [1.82, 2.24) is 5.32 Å². The molecule has 1 unspecified atom stereocenters. The molecule has 154 valence electrons. The molecule has 2 aromatic carbocycles. The summed E-state index contributed by atoms with van der Waals surface area (Å²) >= 11 is 1.13. The van der Waals surface area contributed by atoms with E-state index < -0.39 is 30.8 Å². The zero-order valence-corrected chi connectivity index (χ0v) is 16.5. The molecule has 8 heteroatoms. The average molecular weight is 417 g/mol. The van der Waals surface area contributed by atoms with Gasteiger partial charge in [-0.05, 0) is 22.3 Å². The molecule has 2 atom stereocenters. The van der Waals surface area contributed by atoms with Crippen LogP contribution in [0.4, 0.5) is 4.79 Å². The molecule has 7 nitrogen and oxygen atoms in total. The zero-order valence-electron chi connectivity index (χ0n) is 15.7. The first kappa shape index (κ1) is 21.2. The number of hydrogen-bond acceptors (Lipinski definition) is 6. The van der Waals surface area contributed by atoms with Crippen molar-refractivity contribution in [2.24, 2.45) is 0 Å². The number of carbonyl (C=O) groups is 2. The number of carbonyl (C=O) groups excluding carboxylic acids is 1. The molecule has 0 radical (unpaired) electrons. The van der Waals surface area contributed by atoms with Gasteiger partial charge < -0.3 is 25.4 Å². The number of rotatable bonds is 9. The fourth-order valence-corrected chi connectivity index (χ4v) is 4.31. The maximum Gasteiger partial charge on any atom is 0.407 e. The fraction of sp³-hybridized carbons (Fsp3) is 0.333. The van der Waals surface area contributed by atoms with Gasteiger partial charge in [-0.3, -0.25) is 0 Å². The number of thioether (sulfide) groups is 1. The van der Waals surface area contributed by atoms with Gasteiger partial charge in [-0.1, -0.05) is 48.5 Å². The second kappa shape index (κ2) is 9.78. The number of carboxylic acid groups (broad SMARTS) is 1. The van der Waals surface area contributed by atoms with Gasteiger partial charge in [-0.25, -0.2) is 9.59 Å². The normalized spacial score (nSPS) is 14.6. The van der Waals surface area contributed by atoms with Crippen LogP contribution in [0.3, 0.4) is 0 Å². The lowest BCUT2D eigenvalue weighted by atomic mass is 9.98. The highest BCUT2D eigenvalue weighted by atomic mass is 32.2. The van der Waals surface area contributed by atoms with E-state index in [4.69, 9.17) is 9.84 Å². The minimum absolute atomic E-state index is 0.0522. The minimum Gasteiger partial charge on any atom is -0.480 e. The molecule has 0 heterocycles. The van der Waals surface area contributed by atoms with E-state index in [0.717, 1.165) is 34.0 Å². The topological polar surface area (TPSA) is 116 Å². The predicted molar refractivity (Wildman–Crippen MR) is 110 cm³/mol. The lowest BCUT2D eigenvalue weighted by molar-refractivity contribution is -0.138. The van der Waals surface area contributed by atoms with Gasteiger partial charge in [-0.2, -0.15) is 11.8 Å². The minimum atomic E-state index is -1.19. The highest BCUT2D eigenvalue weighted by molar-refractivity contribution is 7.99. The van der Waals surface area contributed by atoms with Gasteiger partial charge in [0.15, 0.2) is 0 Å². The van der Waals surface area contributed by atoms with Crippen LogP contribution in [-0.2, 0) is 9.53 Å². The summed E-state index contributed by atoms with van der Waals surface area (Å²) in [5, 5.41) is 29.8. The summed E-state index contributed by atoms with van der Waals surface area (Å²) in [4.78, 5) is 23.6. The molecule has 0 saturated heterocycles. The summed E-state index contributed by atoms with van der Waals surface area (Å²) < 4.78 is 5.36. The van der Waals surface area contributed by atoms with Gasteiger partial charge in [0.2, 0.25) is 0 Å². The van der Waals surface area contributed by atoms with E-state index in [0.29, 0.717) is 0 Å². The van der Waals surface area contributed by atoms with Crippen LogP contribution in [0, 0.1) is 0 Å². The van der Waals surface area contributed by atoms with E-state index in [9.17, 15) is 19.8 Å². The van der Waals surface area contributed by atoms with Gasteiger partial charge in [0.05, 0.1) is 12.7 Å². The molecule has 0 fully saturated rings. The number of ether oxygens (including phenoxy) is 1. The van der Waals surface area contributed by atoms with Crippen molar-refractivity contribution < 1.29 is 29.6 Å². The summed E-state index contributed by atoms with van der Waals surface area (Å²) in [5.41, 5.74) is 4.37. The standard InChI is InChI=1S/C21H23NO6S/c23-9-13(24)11-29-12-19(20(25)26)22-21(27)28-10-18-16-7-3-1-5-14(16)15-6-2-4-8-17(15)18/h1-8,13,18-19,23-24H,9-12H2,(H,22,27)(H,25,26)/t13?,19-/m0/s1. The maximum absolute atomic E-state index is 12.2. The van der Waals surface area contributed by atoms with Crippen molar-refractivity contribution >= 4 is 23.8 Å². The molecule has 2 aromatic rings. The van der Waals surface area contributed by atoms with E-state index >= 15 is 0 Å². The van der Waals surface area contributed by atoms with E-state index in [1.807, 2.05) is 48.5 Å². The molecule has 0 saturated carbocycles. The molecule has 1 aliphatic rings. The van der Waals surface area contributed by atoms with Gasteiger partial charge >= 0.3 is 12.1 Å². The van der Waals surface area contributed by atoms with Crippen molar-refractivity contribution in [2.75, 3.05) is 24.7 Å². The lowest BCUT2D eigenvalue weighted by Crippen LogP contribution is -2.43. The summed E-state index contributed by atoms with van der Waals surface area (Å²) in [6.07, 6.45) is -1.73. The maximum atomic E-state index is 12.2. The van der Waals surface area contributed by atoms with Crippen LogP contribution >= 0.6 is 11.8 Å². The van der Waals surface area contributed by atoms with Gasteiger partial charge in [0.25, 0.3) is 0 Å². The highest BCUT2D eigenvalue weighted by Gasteiger charge is 2.29. The molecular weight excluding hydrogens is 394 g/mol. The quantitative estimate of drug-likeness (QED) is 0.494. The predicted octanol–water partition coefficient (Wildman–Crippen LogP) is 2.06. The Hall–Kier alpha value is -2.55. The molecule has 0 spiro atoms. The van der Waals surface area contributed by atoms with Crippen LogP contribution in [-0.4, -0.2) is 64.2 Å². The third kappa shape index (κ3) is 5.09. The van der Waals surface area contributed by atoms with E-state index in [-0.39, 0.29) is 24.0 Å². The van der Waals surface area contributed by atoms with Crippen LogP contribution in [0.25, 0.3) is 11.1 Å². The third-order valence-electron chi connectivity index (χ3n) is 4.74. The van der Waals surface area contributed by atoms with Crippen molar-refractivity contribution in [3.8, 4) is 11.1 Å². The van der Waals surface area contributed by atoms with Crippen LogP contribution in [0.1, 0.15) is 17.0 Å². The summed E-state index contributed by atoms with van der Waals surface area (Å²) in [7, 11) is 0. The number of aliphatic carboxylic acids is 1. The molecule has 3 rings (SSSR count). The molecule has 0 aromatic heterocycles. The molecule has 1 aliphatic carbocycles. The highest BCUT2D eigenvalue weighted by Crippen LogP contribution is 2.44. The first-order valence-corrected chi connectivity index (χ1v) is 10.4. The van der Waals surface area contributed by atoms with Crippen molar-refractivity contribution in [2.45, 2.75) is 18.1 Å². The van der Waals surface area contributed by atoms with E-state index in [2.05, 4.69) is 5.32 Å². The average Bonchev–Trinajstić information content (AvgIpc) is 3.05. The second-order valence-corrected chi connectivity index (χ2v) is 7.81. The number of amides is 1. The van der Waals surface area contributed by atoms with Crippen LogP contribution in [0.2, 0.25) is 0 Å². The van der Waals surface area contributed by atoms with Gasteiger partial charge in [0.1, 0.15) is 12.6 Å². The Bertz CT molecular complexity index is 828. The number of hydrogen-bond donors (Lipinski definition) is 4. The Kier molecular flexibility index (Phi) is 7.13. The SMILES string of the molecule is O=C(N[C@@H](CSCC(O)CO)C(=O)O)OCC1c2ccccc2-c2ccccc21. The summed E-state index contributed by atoms with van der Waals surface area (Å²) in [6, 6.07) is 14.7. The molecule has 4 N–H and O–H groups in total. The van der Waals surface area contributed by atoms with E-state index in [1.54, 1.807) is 0 Å². The Labute approximate surface area is 172 Å². The lowest BCUT2D eigenvalue weighted by Gasteiger charge is -2.17. The first-order chi connectivity index (χ1) is 14.0.